The number of nitrogen functional groups attached to an aromatic ring is 1. The smallest absolute Gasteiger partial charge is 0.268 e. The number of aromatic nitrogens is 4. The summed E-state index contributed by atoms with van der Waals surface area (Å²) in [6, 6.07) is 0. The maximum absolute atomic E-state index is 12.0. The molecule has 0 saturated carbocycles. The third kappa shape index (κ3) is 2.40. The highest BCUT2D eigenvalue weighted by Gasteiger charge is 2.21. The molecule has 3 N–H and O–H groups in total. The average Bonchev–Trinajstić information content (AvgIpc) is 2.72. The van der Waals surface area contributed by atoms with Crippen LogP contribution in [0.1, 0.15) is 6.92 Å². The number of nitrogens with two attached hydrogens (primary N) is 1. The van der Waals surface area contributed by atoms with E-state index in [9.17, 15) is 8.42 Å². The summed E-state index contributed by atoms with van der Waals surface area (Å²) in [5, 5.41) is 3.88. The first-order valence-corrected chi connectivity index (χ1v) is 6.63. The van der Waals surface area contributed by atoms with Crippen LogP contribution in [0.25, 0.3) is 0 Å². The van der Waals surface area contributed by atoms with Gasteiger partial charge in [0.2, 0.25) is 0 Å². The first-order valence-electron chi connectivity index (χ1n) is 5.14. The first kappa shape index (κ1) is 12.3. The fourth-order valence-electron chi connectivity index (χ4n) is 1.33. The zero-order valence-corrected chi connectivity index (χ0v) is 10.4. The molecule has 0 bridgehead atoms. The van der Waals surface area contributed by atoms with Crippen LogP contribution in [0.4, 0.5) is 11.6 Å². The van der Waals surface area contributed by atoms with Crippen molar-refractivity contribution < 1.29 is 8.42 Å². The standard InChI is InChI=1S/C9H12N6O2S/c1-2-15-6-7(9(10)13-15)18(16,17)14-8-5-11-3-4-12-8/h3-6H,2H2,1H3,(H2,10,13)(H,12,14). The van der Waals surface area contributed by atoms with Crippen molar-refractivity contribution in [1.82, 2.24) is 19.7 Å². The molecule has 0 atom stereocenters. The van der Waals surface area contributed by atoms with Gasteiger partial charge in [0, 0.05) is 25.1 Å². The summed E-state index contributed by atoms with van der Waals surface area (Å²) >= 11 is 0. The molecule has 0 saturated heterocycles. The Labute approximate surface area is 104 Å². The van der Waals surface area contributed by atoms with Gasteiger partial charge in [0.25, 0.3) is 10.0 Å². The van der Waals surface area contributed by atoms with E-state index < -0.39 is 10.0 Å². The lowest BCUT2D eigenvalue weighted by Gasteiger charge is -2.04. The van der Waals surface area contributed by atoms with E-state index in [0.717, 1.165) is 0 Å². The maximum atomic E-state index is 12.0. The molecule has 0 spiro atoms. The van der Waals surface area contributed by atoms with Crippen LogP contribution in [0.3, 0.4) is 0 Å². The lowest BCUT2D eigenvalue weighted by atomic mass is 10.6. The normalized spacial score (nSPS) is 11.4. The van der Waals surface area contributed by atoms with E-state index in [1.54, 1.807) is 0 Å². The molecule has 0 aromatic carbocycles. The van der Waals surface area contributed by atoms with Crippen molar-refractivity contribution in [1.29, 1.82) is 0 Å². The van der Waals surface area contributed by atoms with Crippen molar-refractivity contribution in [2.75, 3.05) is 10.5 Å². The van der Waals surface area contributed by atoms with Gasteiger partial charge in [-0.3, -0.25) is 14.4 Å². The number of hydrogen-bond acceptors (Lipinski definition) is 6. The molecule has 0 fully saturated rings. The molecule has 2 heterocycles. The van der Waals surface area contributed by atoms with Gasteiger partial charge in [-0.25, -0.2) is 13.4 Å². The van der Waals surface area contributed by atoms with Crippen molar-refractivity contribution in [2.45, 2.75) is 18.4 Å². The average molecular weight is 268 g/mol. The first-order chi connectivity index (χ1) is 8.53. The number of anilines is 2. The number of sulfonamides is 1. The van der Waals surface area contributed by atoms with Gasteiger partial charge in [0.05, 0.1) is 6.20 Å². The number of rotatable bonds is 4. The fraction of sp³-hybridized carbons (Fsp3) is 0.222. The van der Waals surface area contributed by atoms with E-state index in [2.05, 4.69) is 19.8 Å². The van der Waals surface area contributed by atoms with Crippen molar-refractivity contribution in [3.05, 3.63) is 24.8 Å². The molecule has 0 unspecified atom stereocenters. The van der Waals surface area contributed by atoms with Crippen LogP contribution in [0, 0.1) is 0 Å². The summed E-state index contributed by atoms with van der Waals surface area (Å²) < 4.78 is 27.8. The van der Waals surface area contributed by atoms with Crippen LogP contribution in [-0.2, 0) is 16.6 Å². The maximum Gasteiger partial charge on any atom is 0.268 e. The van der Waals surface area contributed by atoms with E-state index in [4.69, 9.17) is 5.73 Å². The molecule has 0 amide bonds. The third-order valence-corrected chi connectivity index (χ3v) is 3.54. The van der Waals surface area contributed by atoms with E-state index >= 15 is 0 Å². The lowest BCUT2D eigenvalue weighted by Crippen LogP contribution is -2.14. The molecule has 0 aliphatic heterocycles. The molecule has 2 aromatic rings. The van der Waals surface area contributed by atoms with Gasteiger partial charge in [0.1, 0.15) is 4.90 Å². The zero-order chi connectivity index (χ0) is 13.2. The lowest BCUT2D eigenvalue weighted by molar-refractivity contribution is 0.600. The monoisotopic (exact) mass is 268 g/mol. The highest BCUT2D eigenvalue weighted by molar-refractivity contribution is 7.92. The Balaban J connectivity index is 2.34. The van der Waals surface area contributed by atoms with Gasteiger partial charge in [-0.15, -0.1) is 0 Å². The van der Waals surface area contributed by atoms with Gasteiger partial charge in [-0.2, -0.15) is 5.10 Å². The second kappa shape index (κ2) is 4.61. The molecule has 9 heteroatoms. The number of nitrogens with zero attached hydrogens (tertiary/aromatic N) is 4. The van der Waals surface area contributed by atoms with Crippen LogP contribution in [-0.4, -0.2) is 28.2 Å². The summed E-state index contributed by atoms with van der Waals surface area (Å²) in [7, 11) is -3.79. The van der Waals surface area contributed by atoms with E-state index in [1.165, 1.54) is 29.5 Å². The zero-order valence-electron chi connectivity index (χ0n) is 9.61. The Hall–Kier alpha value is -2.16. The molecular formula is C9H12N6O2S. The Morgan fingerprint density at radius 2 is 2.22 bits per heavy atom. The topological polar surface area (TPSA) is 116 Å². The number of aryl methyl sites for hydroxylation is 1. The van der Waals surface area contributed by atoms with Crippen molar-refractivity contribution >= 4 is 21.7 Å². The van der Waals surface area contributed by atoms with Crippen molar-refractivity contribution in [3.63, 3.8) is 0 Å². The van der Waals surface area contributed by atoms with E-state index in [-0.39, 0.29) is 16.5 Å². The fourth-order valence-corrected chi connectivity index (χ4v) is 2.40. The second-order valence-electron chi connectivity index (χ2n) is 3.43. The quantitative estimate of drug-likeness (QED) is 0.811. The number of hydrogen-bond donors (Lipinski definition) is 2. The highest BCUT2D eigenvalue weighted by Crippen LogP contribution is 2.18. The highest BCUT2D eigenvalue weighted by atomic mass is 32.2. The molecule has 18 heavy (non-hydrogen) atoms. The van der Waals surface area contributed by atoms with Crippen molar-refractivity contribution in [3.8, 4) is 0 Å². The molecular weight excluding hydrogens is 256 g/mol. The minimum absolute atomic E-state index is 0.0479. The predicted octanol–water partition coefficient (Wildman–Crippen LogP) is 0.0760. The number of nitrogens with one attached hydrogen (secondary N) is 1. The van der Waals surface area contributed by atoms with Gasteiger partial charge in [-0.05, 0) is 6.92 Å². The SMILES string of the molecule is CCn1cc(S(=O)(=O)Nc2cnccn2)c(N)n1. The molecule has 0 radical (unpaired) electrons. The summed E-state index contributed by atoms with van der Waals surface area (Å²) in [6.07, 6.45) is 5.50. The van der Waals surface area contributed by atoms with Crippen LogP contribution in [0.2, 0.25) is 0 Å². The van der Waals surface area contributed by atoms with Crippen molar-refractivity contribution in [2.24, 2.45) is 0 Å². The minimum atomic E-state index is -3.79. The predicted molar refractivity (Wildman–Crippen MR) is 65.2 cm³/mol. The summed E-state index contributed by atoms with van der Waals surface area (Å²) in [5.41, 5.74) is 5.57. The summed E-state index contributed by atoms with van der Waals surface area (Å²) in [6.45, 7) is 2.36. The third-order valence-electron chi connectivity index (χ3n) is 2.17. The van der Waals surface area contributed by atoms with Crippen LogP contribution in [0.15, 0.2) is 29.7 Å². The Morgan fingerprint density at radius 3 is 2.78 bits per heavy atom. The van der Waals surface area contributed by atoms with Crippen LogP contribution in [0.5, 0.6) is 0 Å². The second-order valence-corrected chi connectivity index (χ2v) is 5.08. The minimum Gasteiger partial charge on any atom is -0.381 e. The van der Waals surface area contributed by atoms with E-state index in [0.29, 0.717) is 6.54 Å². The Bertz CT molecular complexity index is 636. The molecule has 0 aliphatic rings. The van der Waals surface area contributed by atoms with Crippen LogP contribution < -0.4 is 10.5 Å². The van der Waals surface area contributed by atoms with Gasteiger partial charge >= 0.3 is 0 Å². The van der Waals surface area contributed by atoms with Crippen LogP contribution >= 0.6 is 0 Å². The molecule has 0 aliphatic carbocycles. The summed E-state index contributed by atoms with van der Waals surface area (Å²) in [4.78, 5) is 7.52. The van der Waals surface area contributed by atoms with Gasteiger partial charge < -0.3 is 5.73 Å². The Morgan fingerprint density at radius 1 is 1.44 bits per heavy atom. The van der Waals surface area contributed by atoms with Gasteiger partial charge in [0.15, 0.2) is 11.6 Å². The largest absolute Gasteiger partial charge is 0.381 e. The molecule has 96 valence electrons. The molecule has 8 nitrogen and oxygen atoms in total. The molecule has 2 rings (SSSR count). The summed E-state index contributed by atoms with van der Waals surface area (Å²) in [5.74, 6) is 0.0781. The van der Waals surface area contributed by atoms with Gasteiger partial charge in [-0.1, -0.05) is 0 Å². The van der Waals surface area contributed by atoms with E-state index in [1.807, 2.05) is 6.92 Å². The molecule has 2 aromatic heterocycles. The Kier molecular flexibility index (Phi) is 3.15.